The second kappa shape index (κ2) is 4.34. The molecule has 0 N–H and O–H groups in total. The molecule has 14 heavy (non-hydrogen) atoms. The average Bonchev–Trinajstić information content (AvgIpc) is 2.67. The van der Waals surface area contributed by atoms with E-state index >= 15 is 0 Å². The van der Waals surface area contributed by atoms with E-state index in [0.717, 1.165) is 21.3 Å². The van der Waals surface area contributed by atoms with Gasteiger partial charge in [-0.15, -0.1) is 11.3 Å². The van der Waals surface area contributed by atoms with Crippen LogP contribution in [0.5, 0.6) is 0 Å². The standard InChI is InChI=1S/C10H8ClNS2/c11-8-3-1-7(2-4-8)9-6-14-10(5-13)12-9/h1-4,6,13H,5H2. The predicted octanol–water partition coefficient (Wildman–Crippen LogP) is 3.89. The van der Waals surface area contributed by atoms with E-state index in [-0.39, 0.29) is 0 Å². The predicted molar refractivity (Wildman–Crippen MR) is 65.3 cm³/mol. The molecule has 0 aliphatic carbocycles. The first kappa shape index (κ1) is 10.0. The van der Waals surface area contributed by atoms with Crippen molar-refractivity contribution in [3.8, 4) is 11.3 Å². The van der Waals surface area contributed by atoms with Crippen molar-refractivity contribution in [3.05, 3.63) is 39.7 Å². The number of aromatic nitrogens is 1. The van der Waals surface area contributed by atoms with Crippen LogP contribution in [0.1, 0.15) is 5.01 Å². The summed E-state index contributed by atoms with van der Waals surface area (Å²) in [7, 11) is 0. The SMILES string of the molecule is SCc1nc(-c2ccc(Cl)cc2)cs1. The Labute approximate surface area is 97.2 Å². The number of hydrogen-bond acceptors (Lipinski definition) is 3. The highest BCUT2D eigenvalue weighted by Crippen LogP contribution is 2.23. The van der Waals surface area contributed by atoms with Crippen LogP contribution in [0.15, 0.2) is 29.6 Å². The number of hydrogen-bond donors (Lipinski definition) is 1. The summed E-state index contributed by atoms with van der Waals surface area (Å²) in [6.07, 6.45) is 0. The summed E-state index contributed by atoms with van der Waals surface area (Å²) in [6, 6.07) is 7.69. The Bertz CT molecular complexity index is 422. The van der Waals surface area contributed by atoms with Gasteiger partial charge in [-0.2, -0.15) is 12.6 Å². The Balaban J connectivity index is 2.34. The molecule has 0 aliphatic rings. The van der Waals surface area contributed by atoms with Crippen LogP contribution in [-0.4, -0.2) is 4.98 Å². The molecule has 0 unspecified atom stereocenters. The van der Waals surface area contributed by atoms with Crippen molar-refractivity contribution >= 4 is 35.6 Å². The molecule has 2 rings (SSSR count). The Hall–Kier alpha value is -0.510. The van der Waals surface area contributed by atoms with Gasteiger partial charge in [0.2, 0.25) is 0 Å². The van der Waals surface area contributed by atoms with Crippen molar-refractivity contribution in [2.75, 3.05) is 0 Å². The van der Waals surface area contributed by atoms with Crippen LogP contribution in [0.4, 0.5) is 0 Å². The van der Waals surface area contributed by atoms with Gasteiger partial charge in [0.05, 0.1) is 5.69 Å². The minimum absolute atomic E-state index is 0.693. The molecule has 1 aromatic carbocycles. The fourth-order valence-corrected chi connectivity index (χ4v) is 2.22. The fraction of sp³-hybridized carbons (Fsp3) is 0.100. The molecule has 0 spiro atoms. The Morgan fingerprint density at radius 1 is 1.29 bits per heavy atom. The monoisotopic (exact) mass is 241 g/mol. The Kier molecular flexibility index (Phi) is 3.11. The molecule has 0 radical (unpaired) electrons. The highest BCUT2D eigenvalue weighted by atomic mass is 35.5. The summed E-state index contributed by atoms with van der Waals surface area (Å²) in [5.41, 5.74) is 2.09. The van der Waals surface area contributed by atoms with E-state index in [2.05, 4.69) is 17.6 Å². The zero-order valence-electron chi connectivity index (χ0n) is 7.27. The number of halogens is 1. The van der Waals surface area contributed by atoms with Crippen molar-refractivity contribution < 1.29 is 0 Å². The van der Waals surface area contributed by atoms with Gasteiger partial charge in [-0.05, 0) is 12.1 Å². The summed E-state index contributed by atoms with van der Waals surface area (Å²) in [4.78, 5) is 4.43. The Morgan fingerprint density at radius 2 is 2.00 bits per heavy atom. The van der Waals surface area contributed by atoms with Gasteiger partial charge in [0.25, 0.3) is 0 Å². The van der Waals surface area contributed by atoms with Crippen molar-refractivity contribution in [1.82, 2.24) is 4.98 Å². The molecule has 1 nitrogen and oxygen atoms in total. The molecule has 0 saturated heterocycles. The summed E-state index contributed by atoms with van der Waals surface area (Å²) >= 11 is 11.6. The van der Waals surface area contributed by atoms with E-state index in [1.807, 2.05) is 29.6 Å². The smallest absolute Gasteiger partial charge is 0.103 e. The lowest BCUT2D eigenvalue weighted by Crippen LogP contribution is -1.78. The maximum Gasteiger partial charge on any atom is 0.103 e. The molecule has 0 fully saturated rings. The highest BCUT2D eigenvalue weighted by molar-refractivity contribution is 7.79. The second-order valence-corrected chi connectivity index (χ2v) is 4.49. The van der Waals surface area contributed by atoms with E-state index in [9.17, 15) is 0 Å². The molecule has 4 heteroatoms. The Morgan fingerprint density at radius 3 is 2.57 bits per heavy atom. The maximum absolute atomic E-state index is 5.80. The molecule has 0 bridgehead atoms. The van der Waals surface area contributed by atoms with Crippen LogP contribution in [0.2, 0.25) is 5.02 Å². The van der Waals surface area contributed by atoms with Gasteiger partial charge in [-0.25, -0.2) is 4.98 Å². The van der Waals surface area contributed by atoms with Gasteiger partial charge >= 0.3 is 0 Å². The van der Waals surface area contributed by atoms with Gasteiger partial charge in [0.1, 0.15) is 5.01 Å². The molecule has 2 aromatic rings. The molecule has 0 aliphatic heterocycles. The molecule has 0 atom stereocenters. The van der Waals surface area contributed by atoms with Crippen molar-refractivity contribution in [2.45, 2.75) is 5.75 Å². The molecule has 1 heterocycles. The lowest BCUT2D eigenvalue weighted by Gasteiger charge is -1.95. The van der Waals surface area contributed by atoms with E-state index < -0.39 is 0 Å². The number of nitrogens with zero attached hydrogens (tertiary/aromatic N) is 1. The van der Waals surface area contributed by atoms with Gasteiger partial charge in [-0.1, -0.05) is 23.7 Å². The maximum atomic E-state index is 5.80. The lowest BCUT2D eigenvalue weighted by atomic mass is 10.2. The first-order valence-corrected chi connectivity index (χ1v) is 6.00. The first-order valence-electron chi connectivity index (χ1n) is 4.11. The highest BCUT2D eigenvalue weighted by Gasteiger charge is 2.02. The van der Waals surface area contributed by atoms with Crippen LogP contribution in [0, 0.1) is 0 Å². The average molecular weight is 242 g/mol. The third kappa shape index (κ3) is 2.11. The van der Waals surface area contributed by atoms with Crippen molar-refractivity contribution in [1.29, 1.82) is 0 Å². The van der Waals surface area contributed by atoms with Crippen LogP contribution >= 0.6 is 35.6 Å². The van der Waals surface area contributed by atoms with E-state index in [0.29, 0.717) is 5.75 Å². The molecule has 72 valence electrons. The quantitative estimate of drug-likeness (QED) is 0.787. The summed E-state index contributed by atoms with van der Waals surface area (Å²) in [5, 5.41) is 3.83. The number of rotatable bonds is 2. The summed E-state index contributed by atoms with van der Waals surface area (Å²) in [5.74, 6) is 0.693. The van der Waals surface area contributed by atoms with Gasteiger partial charge in [0.15, 0.2) is 0 Å². The van der Waals surface area contributed by atoms with Crippen LogP contribution in [-0.2, 0) is 5.75 Å². The first-order chi connectivity index (χ1) is 6.79. The second-order valence-electron chi connectivity index (χ2n) is 2.79. The fourth-order valence-electron chi connectivity index (χ4n) is 1.14. The third-order valence-corrected chi connectivity index (χ3v) is 3.44. The van der Waals surface area contributed by atoms with Crippen molar-refractivity contribution in [2.24, 2.45) is 0 Å². The van der Waals surface area contributed by atoms with Crippen molar-refractivity contribution in [3.63, 3.8) is 0 Å². The number of thiazole rings is 1. The van der Waals surface area contributed by atoms with Gasteiger partial charge < -0.3 is 0 Å². The summed E-state index contributed by atoms with van der Waals surface area (Å²) < 4.78 is 0. The third-order valence-electron chi connectivity index (χ3n) is 1.83. The van der Waals surface area contributed by atoms with Gasteiger partial charge in [0, 0.05) is 21.7 Å². The number of benzene rings is 1. The molecular weight excluding hydrogens is 234 g/mol. The topological polar surface area (TPSA) is 12.9 Å². The van der Waals surface area contributed by atoms with Crippen LogP contribution in [0.3, 0.4) is 0 Å². The minimum atomic E-state index is 0.693. The zero-order valence-corrected chi connectivity index (χ0v) is 9.74. The normalized spacial score (nSPS) is 10.4. The van der Waals surface area contributed by atoms with E-state index in [1.54, 1.807) is 11.3 Å². The summed E-state index contributed by atoms with van der Waals surface area (Å²) in [6.45, 7) is 0. The zero-order chi connectivity index (χ0) is 9.97. The molecular formula is C10H8ClNS2. The van der Waals surface area contributed by atoms with Crippen LogP contribution < -0.4 is 0 Å². The minimum Gasteiger partial charge on any atom is -0.240 e. The van der Waals surface area contributed by atoms with E-state index in [4.69, 9.17) is 11.6 Å². The largest absolute Gasteiger partial charge is 0.240 e. The van der Waals surface area contributed by atoms with Gasteiger partial charge in [-0.3, -0.25) is 0 Å². The number of thiol groups is 1. The molecule has 0 saturated carbocycles. The van der Waals surface area contributed by atoms with Crippen LogP contribution in [0.25, 0.3) is 11.3 Å². The lowest BCUT2D eigenvalue weighted by molar-refractivity contribution is 1.28. The molecule has 0 amide bonds. The molecule has 1 aromatic heterocycles. The van der Waals surface area contributed by atoms with E-state index in [1.165, 1.54) is 0 Å².